The van der Waals surface area contributed by atoms with Crippen molar-refractivity contribution < 1.29 is 44.5 Å². The molecule has 0 amide bonds. The fraction of sp³-hybridized carbons (Fsp3) is 0.808. The van der Waals surface area contributed by atoms with Gasteiger partial charge in [-0.15, -0.1) is 0 Å². The molecule has 4 aliphatic heterocycles. The normalized spacial score (nSPS) is 49.6. The number of hydrogen-bond acceptors (Lipinski definition) is 9. The van der Waals surface area contributed by atoms with E-state index in [-0.39, 0.29) is 43.3 Å². The van der Waals surface area contributed by atoms with Crippen LogP contribution >= 0.6 is 0 Å². The largest absolute Gasteiger partial charge is 0.457 e. The summed E-state index contributed by atoms with van der Waals surface area (Å²) in [6, 6.07) is 0. The number of esters is 1. The van der Waals surface area contributed by atoms with Crippen LogP contribution in [0.2, 0.25) is 0 Å². The maximum absolute atomic E-state index is 12.6. The van der Waals surface area contributed by atoms with E-state index in [0.29, 0.717) is 25.7 Å². The predicted molar refractivity (Wildman–Crippen MR) is 125 cm³/mol. The smallest absolute Gasteiger partial charge is 0.344 e. The van der Waals surface area contributed by atoms with Crippen LogP contribution in [-0.4, -0.2) is 92.0 Å². The van der Waals surface area contributed by atoms with E-state index >= 15 is 0 Å². The Balaban J connectivity index is 1.55. The molecule has 9 nitrogen and oxygen atoms in total. The topological polar surface area (TPSA) is 146 Å². The Kier molecular flexibility index (Phi) is 8.37. The zero-order valence-electron chi connectivity index (χ0n) is 20.5. The van der Waals surface area contributed by atoms with Gasteiger partial charge in [0.05, 0.1) is 42.7 Å². The molecule has 4 rings (SSSR count). The summed E-state index contributed by atoms with van der Waals surface area (Å²) in [5.41, 5.74) is -2.54. The van der Waals surface area contributed by atoms with E-state index in [4.69, 9.17) is 14.2 Å². The average molecular weight is 497 g/mol. The molecule has 12 unspecified atom stereocenters. The Morgan fingerprint density at radius 3 is 2.31 bits per heavy atom. The Morgan fingerprint density at radius 1 is 0.857 bits per heavy atom. The SMILES string of the molecule is CC1C=CC=CCC2OC(CC2C)C(O)CC2OC(=O)C(O)(C(O)CC3CC(O)CC(C1)O3)C2O. The van der Waals surface area contributed by atoms with Crippen molar-refractivity contribution in [3.05, 3.63) is 24.3 Å². The first-order chi connectivity index (χ1) is 16.6. The second kappa shape index (κ2) is 11.0. The fourth-order valence-electron chi connectivity index (χ4n) is 5.93. The lowest BCUT2D eigenvalue weighted by atomic mass is 9.83. The van der Waals surface area contributed by atoms with Crippen LogP contribution in [0.4, 0.5) is 0 Å². The molecule has 0 aromatic heterocycles. The zero-order valence-corrected chi connectivity index (χ0v) is 20.5. The molecule has 198 valence electrons. The molecule has 0 saturated carbocycles. The molecule has 0 aromatic carbocycles. The predicted octanol–water partition coefficient (Wildman–Crippen LogP) is 0.750. The van der Waals surface area contributed by atoms with Crippen LogP contribution < -0.4 is 0 Å². The van der Waals surface area contributed by atoms with Crippen molar-refractivity contribution in [1.82, 2.24) is 0 Å². The molecule has 0 aromatic rings. The van der Waals surface area contributed by atoms with Gasteiger partial charge < -0.3 is 39.7 Å². The van der Waals surface area contributed by atoms with Crippen molar-refractivity contribution in [2.24, 2.45) is 11.8 Å². The van der Waals surface area contributed by atoms with Crippen LogP contribution in [0.3, 0.4) is 0 Å². The summed E-state index contributed by atoms with van der Waals surface area (Å²) in [6.45, 7) is 4.12. The molecule has 0 spiro atoms. The minimum absolute atomic E-state index is 0.0637. The van der Waals surface area contributed by atoms with E-state index in [1.165, 1.54) is 0 Å². The van der Waals surface area contributed by atoms with Gasteiger partial charge in [-0.05, 0) is 43.9 Å². The quantitative estimate of drug-likeness (QED) is 0.307. The summed E-state index contributed by atoms with van der Waals surface area (Å²) in [5, 5.41) is 53.8. The third kappa shape index (κ3) is 5.82. The van der Waals surface area contributed by atoms with Crippen LogP contribution in [0.1, 0.15) is 58.8 Å². The Bertz CT molecular complexity index is 800. The average Bonchev–Trinajstić information content (AvgIpc) is 3.25. The van der Waals surface area contributed by atoms with Crippen LogP contribution in [0.5, 0.6) is 0 Å². The van der Waals surface area contributed by atoms with Crippen LogP contribution in [0.25, 0.3) is 0 Å². The Labute approximate surface area is 206 Å². The number of carbonyl (C=O) groups is 1. The molecule has 9 heteroatoms. The molecule has 3 saturated heterocycles. The molecule has 0 radical (unpaired) electrons. The molecular weight excluding hydrogens is 456 g/mol. The summed E-state index contributed by atoms with van der Waals surface area (Å²) in [4.78, 5) is 12.6. The highest BCUT2D eigenvalue weighted by atomic mass is 16.6. The molecule has 6 bridgehead atoms. The van der Waals surface area contributed by atoms with Gasteiger partial charge in [0.25, 0.3) is 0 Å². The van der Waals surface area contributed by atoms with E-state index in [2.05, 4.69) is 19.9 Å². The van der Waals surface area contributed by atoms with Gasteiger partial charge >= 0.3 is 5.97 Å². The Hall–Kier alpha value is -1.33. The summed E-state index contributed by atoms with van der Waals surface area (Å²) in [6.07, 6.45) is 2.93. The Morgan fingerprint density at radius 2 is 1.57 bits per heavy atom. The monoisotopic (exact) mass is 496 g/mol. The highest BCUT2D eigenvalue weighted by Crippen LogP contribution is 2.38. The molecular formula is C26H40O9. The standard InChI is InChI=1S/C26H40O9/c1-14-6-4-3-5-7-20-15(2)9-21(34-20)19(28)13-22-24(30)26(32,25(31)35-22)23(29)12-18-11-16(27)10-17(8-14)33-18/h3-6,14-24,27-30,32H,7-13H2,1-2H3. The van der Waals surface area contributed by atoms with Gasteiger partial charge in [-0.1, -0.05) is 38.2 Å². The second-order valence-electron chi connectivity index (χ2n) is 11.0. The van der Waals surface area contributed by atoms with E-state index < -0.39 is 54.3 Å². The van der Waals surface area contributed by atoms with Gasteiger partial charge in [0.1, 0.15) is 12.2 Å². The first-order valence-corrected chi connectivity index (χ1v) is 12.9. The minimum atomic E-state index is -2.54. The first kappa shape index (κ1) is 26.7. The number of fused-ring (bicyclic) bond motifs is 6. The van der Waals surface area contributed by atoms with E-state index in [1.54, 1.807) is 0 Å². The first-order valence-electron chi connectivity index (χ1n) is 12.9. The highest BCUT2D eigenvalue weighted by molar-refractivity contribution is 5.83. The molecule has 3 fully saturated rings. The number of allylic oxidation sites excluding steroid dienone is 3. The molecule has 5 N–H and O–H groups in total. The van der Waals surface area contributed by atoms with E-state index in [1.807, 2.05) is 18.2 Å². The van der Waals surface area contributed by atoms with Crippen molar-refractivity contribution in [3.8, 4) is 0 Å². The van der Waals surface area contributed by atoms with Crippen molar-refractivity contribution in [3.63, 3.8) is 0 Å². The van der Waals surface area contributed by atoms with Gasteiger partial charge in [-0.25, -0.2) is 4.79 Å². The van der Waals surface area contributed by atoms with Gasteiger partial charge in [0.15, 0.2) is 0 Å². The summed E-state index contributed by atoms with van der Waals surface area (Å²) < 4.78 is 17.4. The van der Waals surface area contributed by atoms with Gasteiger partial charge in [-0.2, -0.15) is 0 Å². The molecule has 0 aliphatic carbocycles. The second-order valence-corrected chi connectivity index (χ2v) is 11.0. The van der Waals surface area contributed by atoms with Crippen LogP contribution in [-0.2, 0) is 19.0 Å². The van der Waals surface area contributed by atoms with Crippen molar-refractivity contribution in [1.29, 1.82) is 0 Å². The maximum atomic E-state index is 12.6. The lowest BCUT2D eigenvalue weighted by Crippen LogP contribution is -2.57. The summed E-state index contributed by atoms with van der Waals surface area (Å²) >= 11 is 0. The molecule has 12 atom stereocenters. The van der Waals surface area contributed by atoms with E-state index in [0.717, 1.165) is 0 Å². The highest BCUT2D eigenvalue weighted by Gasteiger charge is 2.61. The lowest BCUT2D eigenvalue weighted by molar-refractivity contribution is -0.179. The third-order valence-electron chi connectivity index (χ3n) is 8.02. The number of rotatable bonds is 0. The third-order valence-corrected chi connectivity index (χ3v) is 8.02. The number of aliphatic hydroxyl groups is 5. The molecule has 4 heterocycles. The van der Waals surface area contributed by atoms with Crippen molar-refractivity contribution >= 4 is 5.97 Å². The van der Waals surface area contributed by atoms with Gasteiger partial charge in [-0.3, -0.25) is 0 Å². The van der Waals surface area contributed by atoms with Crippen LogP contribution in [0, 0.1) is 11.8 Å². The minimum Gasteiger partial charge on any atom is -0.457 e. The summed E-state index contributed by atoms with van der Waals surface area (Å²) in [7, 11) is 0. The maximum Gasteiger partial charge on any atom is 0.344 e. The number of carbonyl (C=O) groups excluding carboxylic acids is 1. The number of aliphatic hydroxyl groups excluding tert-OH is 4. The summed E-state index contributed by atoms with van der Waals surface area (Å²) in [5.74, 6) is -0.728. The van der Waals surface area contributed by atoms with Gasteiger partial charge in [0.2, 0.25) is 5.60 Å². The lowest BCUT2D eigenvalue weighted by Gasteiger charge is -2.37. The van der Waals surface area contributed by atoms with Crippen molar-refractivity contribution in [2.45, 2.75) is 119 Å². The number of ether oxygens (including phenoxy) is 3. The van der Waals surface area contributed by atoms with E-state index in [9.17, 15) is 30.3 Å². The zero-order chi connectivity index (χ0) is 25.3. The van der Waals surface area contributed by atoms with Crippen LogP contribution in [0.15, 0.2) is 24.3 Å². The fourth-order valence-corrected chi connectivity index (χ4v) is 5.93. The van der Waals surface area contributed by atoms with Crippen molar-refractivity contribution in [2.75, 3.05) is 0 Å². The number of hydrogen-bond donors (Lipinski definition) is 5. The van der Waals surface area contributed by atoms with Gasteiger partial charge in [0, 0.05) is 12.8 Å². The molecule has 4 aliphatic rings. The molecule has 35 heavy (non-hydrogen) atoms.